The highest BCUT2D eigenvalue weighted by atomic mass is 16.2. The number of nitrogens with zero attached hydrogens (tertiary/aromatic N) is 2. The van der Waals surface area contributed by atoms with Gasteiger partial charge >= 0.3 is 0 Å². The first-order valence-electron chi connectivity index (χ1n) is 9.56. The molecule has 5 heteroatoms. The molecule has 4 aromatic rings. The molecule has 0 radical (unpaired) electrons. The van der Waals surface area contributed by atoms with Crippen LogP contribution >= 0.6 is 0 Å². The van der Waals surface area contributed by atoms with E-state index >= 15 is 0 Å². The van der Waals surface area contributed by atoms with Crippen molar-refractivity contribution in [3.63, 3.8) is 0 Å². The number of hydrogen-bond acceptors (Lipinski definition) is 2. The van der Waals surface area contributed by atoms with E-state index in [9.17, 15) is 4.79 Å². The molecule has 0 atom stereocenters. The van der Waals surface area contributed by atoms with Crippen LogP contribution in [0.15, 0.2) is 54.7 Å². The lowest BCUT2D eigenvalue weighted by Crippen LogP contribution is -2.39. The molecule has 0 bridgehead atoms. The molecular formula is C22H22N4O. The first-order valence-corrected chi connectivity index (χ1v) is 9.56. The number of amides is 1. The number of piperidine rings is 1. The molecule has 1 fully saturated rings. The number of fused-ring (bicyclic) bond motifs is 3. The molecule has 27 heavy (non-hydrogen) atoms. The normalized spacial score (nSPS) is 15.6. The number of carbonyl (C=O) groups excluding carboxylic acids is 1. The van der Waals surface area contributed by atoms with Gasteiger partial charge in [-0.1, -0.05) is 30.3 Å². The zero-order valence-electron chi connectivity index (χ0n) is 15.1. The maximum absolute atomic E-state index is 13.0. The monoisotopic (exact) mass is 358 g/mol. The second kappa shape index (κ2) is 6.58. The third kappa shape index (κ3) is 2.99. The smallest absolute Gasteiger partial charge is 0.272 e. The van der Waals surface area contributed by atoms with Crippen LogP contribution in [0.5, 0.6) is 0 Å². The summed E-state index contributed by atoms with van der Waals surface area (Å²) in [4.78, 5) is 19.5. The van der Waals surface area contributed by atoms with Gasteiger partial charge in [0.25, 0.3) is 5.91 Å². The van der Waals surface area contributed by atoms with E-state index in [1.165, 1.54) is 5.56 Å². The van der Waals surface area contributed by atoms with Crippen molar-refractivity contribution in [1.29, 1.82) is 0 Å². The number of likely N-dealkylation sites (tertiary alicyclic amines) is 1. The van der Waals surface area contributed by atoms with Gasteiger partial charge in [-0.3, -0.25) is 4.79 Å². The largest absolute Gasteiger partial charge is 0.337 e. The molecule has 0 spiro atoms. The molecule has 5 nitrogen and oxygen atoms in total. The third-order valence-corrected chi connectivity index (χ3v) is 5.69. The zero-order chi connectivity index (χ0) is 18.2. The minimum atomic E-state index is 0.0491. The standard InChI is InChI=1S/C22H22N4O/c27-22(20-13-18-19(24-20)7-6-17-14-23-25-21(17)18)26-10-8-16(9-11-26)12-15-4-2-1-3-5-15/h1-7,13-14,16,23,25H,8-12H2. The number of aromatic amines is 2. The lowest BCUT2D eigenvalue weighted by atomic mass is 9.90. The van der Waals surface area contributed by atoms with Gasteiger partial charge in [0.2, 0.25) is 0 Å². The molecule has 3 heterocycles. The molecule has 0 saturated carbocycles. The van der Waals surface area contributed by atoms with Crippen molar-refractivity contribution in [1.82, 2.24) is 20.1 Å². The highest BCUT2D eigenvalue weighted by molar-refractivity contribution is 6.08. The number of carbonyl (C=O) groups is 1. The molecule has 5 rings (SSSR count). The Morgan fingerprint density at radius 3 is 2.74 bits per heavy atom. The molecule has 2 aromatic heterocycles. The van der Waals surface area contributed by atoms with Crippen LogP contribution in [0.2, 0.25) is 0 Å². The summed E-state index contributed by atoms with van der Waals surface area (Å²) in [5.41, 5.74) is 3.80. The Morgan fingerprint density at radius 1 is 1.11 bits per heavy atom. The highest BCUT2D eigenvalue weighted by Gasteiger charge is 2.25. The van der Waals surface area contributed by atoms with Crippen molar-refractivity contribution in [2.24, 2.45) is 5.92 Å². The molecule has 0 unspecified atom stereocenters. The lowest BCUT2D eigenvalue weighted by Gasteiger charge is -2.31. The average Bonchev–Trinajstić information content (AvgIpc) is 3.35. The fourth-order valence-electron chi connectivity index (χ4n) is 4.17. The third-order valence-electron chi connectivity index (χ3n) is 5.69. The van der Waals surface area contributed by atoms with Crippen LogP contribution in [-0.4, -0.2) is 39.1 Å². The number of benzene rings is 2. The molecule has 1 aliphatic heterocycles. The molecule has 2 aromatic carbocycles. The number of H-pyrrole nitrogens is 2. The Kier molecular flexibility index (Phi) is 3.93. The Hall–Kier alpha value is -3.08. The van der Waals surface area contributed by atoms with Crippen molar-refractivity contribution in [2.45, 2.75) is 19.3 Å². The van der Waals surface area contributed by atoms with E-state index in [1.807, 2.05) is 29.3 Å². The Morgan fingerprint density at radius 2 is 1.93 bits per heavy atom. The summed E-state index contributed by atoms with van der Waals surface area (Å²) >= 11 is 0. The van der Waals surface area contributed by atoms with Crippen molar-refractivity contribution < 1.29 is 4.79 Å². The summed E-state index contributed by atoms with van der Waals surface area (Å²) in [6.07, 6.45) is 5.12. The lowest BCUT2D eigenvalue weighted by molar-refractivity contribution is 0.0685. The van der Waals surface area contributed by atoms with E-state index in [2.05, 4.69) is 45.5 Å². The predicted molar refractivity (Wildman–Crippen MR) is 107 cm³/mol. The highest BCUT2D eigenvalue weighted by Crippen LogP contribution is 2.26. The number of rotatable bonds is 3. The molecule has 1 saturated heterocycles. The average molecular weight is 358 g/mol. The van der Waals surface area contributed by atoms with Crippen molar-refractivity contribution in [3.8, 4) is 0 Å². The van der Waals surface area contributed by atoms with Crippen LogP contribution in [0, 0.1) is 5.92 Å². The summed E-state index contributed by atoms with van der Waals surface area (Å²) in [5, 5.41) is 8.23. The number of aromatic nitrogens is 3. The van der Waals surface area contributed by atoms with Crippen molar-refractivity contribution in [2.75, 3.05) is 13.1 Å². The van der Waals surface area contributed by atoms with Crippen molar-refractivity contribution in [3.05, 3.63) is 66.0 Å². The van der Waals surface area contributed by atoms with Crippen LogP contribution in [0.4, 0.5) is 0 Å². The van der Waals surface area contributed by atoms with E-state index in [4.69, 9.17) is 0 Å². The van der Waals surface area contributed by atoms with Crippen LogP contribution in [-0.2, 0) is 6.42 Å². The summed E-state index contributed by atoms with van der Waals surface area (Å²) in [5.74, 6) is 0.699. The van der Waals surface area contributed by atoms with Crippen LogP contribution in [0.3, 0.4) is 0 Å². The van der Waals surface area contributed by atoms with Crippen LogP contribution in [0.1, 0.15) is 28.9 Å². The fourth-order valence-corrected chi connectivity index (χ4v) is 4.17. The SMILES string of the molecule is O=C(c1cc2c(ccc3c[nH][nH]c32)n1)N1CCC(Cc2ccccc2)CC1. The Balaban J connectivity index is 1.30. The predicted octanol–water partition coefficient (Wildman–Crippen LogP) is 4.14. The minimum Gasteiger partial charge on any atom is -0.337 e. The fraction of sp³-hybridized carbons (Fsp3) is 0.273. The van der Waals surface area contributed by atoms with Gasteiger partial charge in [0, 0.05) is 30.1 Å². The molecular weight excluding hydrogens is 336 g/mol. The quantitative estimate of drug-likeness (QED) is 0.578. The van der Waals surface area contributed by atoms with Gasteiger partial charge < -0.3 is 15.1 Å². The Labute approximate surface area is 157 Å². The molecule has 1 amide bonds. The second-order valence-corrected chi connectivity index (χ2v) is 7.44. The van der Waals surface area contributed by atoms with E-state index in [0.717, 1.165) is 54.2 Å². The topological polar surface area (TPSA) is 64.8 Å². The van der Waals surface area contributed by atoms with E-state index in [-0.39, 0.29) is 5.91 Å². The first kappa shape index (κ1) is 16.1. The van der Waals surface area contributed by atoms with Crippen LogP contribution < -0.4 is 0 Å². The number of hydrogen-bond donors (Lipinski definition) is 2. The summed E-state index contributed by atoms with van der Waals surface area (Å²) < 4.78 is 0. The Bertz CT molecular complexity index is 1090. The van der Waals surface area contributed by atoms with Gasteiger partial charge in [-0.05, 0) is 48.9 Å². The summed E-state index contributed by atoms with van der Waals surface area (Å²) in [7, 11) is 0. The molecule has 136 valence electrons. The molecule has 0 aliphatic carbocycles. The van der Waals surface area contributed by atoms with Gasteiger partial charge in [0.1, 0.15) is 5.69 Å². The first-order chi connectivity index (χ1) is 13.3. The minimum absolute atomic E-state index is 0.0491. The van der Waals surface area contributed by atoms with Crippen LogP contribution in [0.25, 0.3) is 21.8 Å². The van der Waals surface area contributed by atoms with E-state index in [0.29, 0.717) is 11.6 Å². The molecule has 2 N–H and O–H groups in total. The van der Waals surface area contributed by atoms with Gasteiger partial charge in [-0.2, -0.15) is 0 Å². The number of nitrogens with one attached hydrogen (secondary N) is 2. The maximum atomic E-state index is 13.0. The zero-order valence-corrected chi connectivity index (χ0v) is 15.1. The second-order valence-electron chi connectivity index (χ2n) is 7.44. The van der Waals surface area contributed by atoms with Gasteiger partial charge in [-0.15, -0.1) is 0 Å². The summed E-state index contributed by atoms with van der Waals surface area (Å²) in [6.45, 7) is 1.62. The van der Waals surface area contributed by atoms with Gasteiger partial charge in [0.15, 0.2) is 0 Å². The van der Waals surface area contributed by atoms with E-state index in [1.54, 1.807) is 0 Å². The van der Waals surface area contributed by atoms with E-state index < -0.39 is 0 Å². The van der Waals surface area contributed by atoms with Crippen molar-refractivity contribution >= 4 is 27.7 Å². The summed E-state index contributed by atoms with van der Waals surface area (Å²) in [6, 6.07) is 16.5. The van der Waals surface area contributed by atoms with Gasteiger partial charge in [-0.25, -0.2) is 4.98 Å². The van der Waals surface area contributed by atoms with Gasteiger partial charge in [0.05, 0.1) is 11.0 Å². The molecule has 1 aliphatic rings. The maximum Gasteiger partial charge on any atom is 0.272 e.